The third-order valence-corrected chi connectivity index (χ3v) is 3.61. The lowest BCUT2D eigenvalue weighted by Gasteiger charge is -2.08. The Kier molecular flexibility index (Phi) is 2.46. The van der Waals surface area contributed by atoms with Crippen LogP contribution in [-0.2, 0) is 0 Å². The molecular formula is C18H14N2. The van der Waals surface area contributed by atoms with E-state index in [4.69, 9.17) is 0 Å². The zero-order valence-corrected chi connectivity index (χ0v) is 11.0. The molecule has 0 aliphatic carbocycles. The molecule has 0 atom stereocenters. The van der Waals surface area contributed by atoms with Crippen molar-refractivity contribution in [3.05, 3.63) is 85.5 Å². The minimum atomic E-state index is 1.19. The van der Waals surface area contributed by atoms with Crippen molar-refractivity contribution < 1.29 is 0 Å². The number of fused-ring (bicyclic) bond motifs is 1. The zero-order valence-electron chi connectivity index (χ0n) is 11.0. The SMILES string of the molecule is c1ccn(-c2ccc3ccc(-n4cccc4)cc3c2)c1. The number of rotatable bonds is 2. The van der Waals surface area contributed by atoms with Gasteiger partial charge in [-0.25, -0.2) is 0 Å². The van der Waals surface area contributed by atoms with E-state index in [2.05, 4.69) is 70.3 Å². The van der Waals surface area contributed by atoms with Gasteiger partial charge in [-0.1, -0.05) is 12.1 Å². The molecule has 2 nitrogen and oxygen atoms in total. The standard InChI is InChI=1S/C18H14N2/c1-2-10-19(9-1)17-7-5-15-6-8-18(14-16(15)13-17)20-11-3-4-12-20/h1-14H. The van der Waals surface area contributed by atoms with Crippen molar-refractivity contribution in [1.29, 1.82) is 0 Å². The molecule has 0 bridgehead atoms. The van der Waals surface area contributed by atoms with Crippen LogP contribution in [0.4, 0.5) is 0 Å². The number of hydrogen-bond acceptors (Lipinski definition) is 0. The molecule has 2 aromatic carbocycles. The average Bonchev–Trinajstić information content (AvgIpc) is 3.19. The maximum Gasteiger partial charge on any atom is 0.0455 e. The minimum Gasteiger partial charge on any atom is -0.324 e. The molecule has 20 heavy (non-hydrogen) atoms. The van der Waals surface area contributed by atoms with Gasteiger partial charge in [0, 0.05) is 36.2 Å². The van der Waals surface area contributed by atoms with E-state index in [0.29, 0.717) is 0 Å². The molecule has 0 aliphatic heterocycles. The highest BCUT2D eigenvalue weighted by molar-refractivity contribution is 5.86. The van der Waals surface area contributed by atoms with E-state index >= 15 is 0 Å². The quantitative estimate of drug-likeness (QED) is 0.503. The summed E-state index contributed by atoms with van der Waals surface area (Å²) in [6.45, 7) is 0. The number of hydrogen-bond donors (Lipinski definition) is 0. The van der Waals surface area contributed by atoms with Gasteiger partial charge in [0.15, 0.2) is 0 Å². The summed E-state index contributed by atoms with van der Waals surface area (Å²) in [5.74, 6) is 0. The average molecular weight is 258 g/mol. The number of aromatic nitrogens is 2. The second kappa shape index (κ2) is 4.42. The van der Waals surface area contributed by atoms with Crippen LogP contribution in [0.15, 0.2) is 85.5 Å². The smallest absolute Gasteiger partial charge is 0.0455 e. The van der Waals surface area contributed by atoms with Crippen LogP contribution in [-0.4, -0.2) is 9.13 Å². The topological polar surface area (TPSA) is 9.86 Å². The Morgan fingerprint density at radius 1 is 0.500 bits per heavy atom. The molecule has 2 heteroatoms. The molecule has 4 aromatic rings. The Bertz CT molecular complexity index is 771. The summed E-state index contributed by atoms with van der Waals surface area (Å²) in [6, 6.07) is 21.3. The fourth-order valence-electron chi connectivity index (χ4n) is 2.56. The summed E-state index contributed by atoms with van der Waals surface area (Å²) in [4.78, 5) is 0. The van der Waals surface area contributed by atoms with Gasteiger partial charge in [0.2, 0.25) is 0 Å². The van der Waals surface area contributed by atoms with E-state index < -0.39 is 0 Å². The summed E-state index contributed by atoms with van der Waals surface area (Å²) in [5.41, 5.74) is 2.37. The molecule has 0 N–H and O–H groups in total. The van der Waals surface area contributed by atoms with Gasteiger partial charge in [0.1, 0.15) is 0 Å². The van der Waals surface area contributed by atoms with Crippen LogP contribution in [0, 0.1) is 0 Å². The summed E-state index contributed by atoms with van der Waals surface area (Å²) in [5, 5.41) is 2.51. The molecule has 0 saturated heterocycles. The molecule has 0 saturated carbocycles. The van der Waals surface area contributed by atoms with E-state index in [1.165, 1.54) is 22.1 Å². The first kappa shape index (κ1) is 11.1. The van der Waals surface area contributed by atoms with Crippen molar-refractivity contribution >= 4 is 10.8 Å². The number of nitrogens with zero attached hydrogens (tertiary/aromatic N) is 2. The highest BCUT2D eigenvalue weighted by Crippen LogP contribution is 2.22. The molecule has 0 aliphatic rings. The van der Waals surface area contributed by atoms with Crippen LogP contribution in [0.25, 0.3) is 22.1 Å². The first-order valence-corrected chi connectivity index (χ1v) is 6.71. The summed E-state index contributed by atoms with van der Waals surface area (Å²) in [7, 11) is 0. The monoisotopic (exact) mass is 258 g/mol. The molecule has 4 rings (SSSR count). The molecule has 2 aromatic heterocycles. The maximum absolute atomic E-state index is 2.22. The van der Waals surface area contributed by atoms with Gasteiger partial charge in [-0.2, -0.15) is 0 Å². The highest BCUT2D eigenvalue weighted by Gasteiger charge is 2.01. The van der Waals surface area contributed by atoms with Crippen LogP contribution in [0.2, 0.25) is 0 Å². The summed E-state index contributed by atoms with van der Waals surface area (Å²) >= 11 is 0. The van der Waals surface area contributed by atoms with Crippen LogP contribution >= 0.6 is 0 Å². The van der Waals surface area contributed by atoms with E-state index in [-0.39, 0.29) is 0 Å². The molecule has 96 valence electrons. The van der Waals surface area contributed by atoms with Gasteiger partial charge < -0.3 is 9.13 Å². The van der Waals surface area contributed by atoms with Crippen LogP contribution in [0.3, 0.4) is 0 Å². The zero-order chi connectivity index (χ0) is 13.4. The van der Waals surface area contributed by atoms with Gasteiger partial charge in [0.05, 0.1) is 0 Å². The Labute approximate surface area is 117 Å². The predicted molar refractivity (Wildman–Crippen MR) is 82.6 cm³/mol. The fraction of sp³-hybridized carbons (Fsp3) is 0. The van der Waals surface area contributed by atoms with Crippen molar-refractivity contribution in [3.63, 3.8) is 0 Å². The van der Waals surface area contributed by atoms with E-state index in [1.54, 1.807) is 0 Å². The molecular weight excluding hydrogens is 244 g/mol. The molecule has 0 unspecified atom stereocenters. The Balaban J connectivity index is 1.88. The fourth-order valence-corrected chi connectivity index (χ4v) is 2.56. The molecule has 0 radical (unpaired) electrons. The van der Waals surface area contributed by atoms with Gasteiger partial charge in [-0.3, -0.25) is 0 Å². The Morgan fingerprint density at radius 2 is 0.950 bits per heavy atom. The van der Waals surface area contributed by atoms with Gasteiger partial charge in [-0.05, 0) is 59.3 Å². The lowest BCUT2D eigenvalue weighted by molar-refractivity contribution is 1.08. The first-order valence-electron chi connectivity index (χ1n) is 6.71. The predicted octanol–water partition coefficient (Wildman–Crippen LogP) is 4.42. The van der Waals surface area contributed by atoms with Crippen LogP contribution < -0.4 is 0 Å². The first-order chi connectivity index (χ1) is 9.90. The summed E-state index contributed by atoms with van der Waals surface area (Å²) in [6.07, 6.45) is 8.27. The Morgan fingerprint density at radius 3 is 1.40 bits per heavy atom. The van der Waals surface area contributed by atoms with Crippen molar-refractivity contribution in [3.8, 4) is 11.4 Å². The van der Waals surface area contributed by atoms with E-state index in [9.17, 15) is 0 Å². The van der Waals surface area contributed by atoms with Gasteiger partial charge >= 0.3 is 0 Å². The molecule has 0 fully saturated rings. The third kappa shape index (κ3) is 1.82. The van der Waals surface area contributed by atoms with Gasteiger partial charge in [-0.15, -0.1) is 0 Å². The molecule has 0 amide bonds. The second-order valence-corrected chi connectivity index (χ2v) is 4.90. The lowest BCUT2D eigenvalue weighted by Crippen LogP contribution is -1.91. The van der Waals surface area contributed by atoms with E-state index in [0.717, 1.165) is 0 Å². The summed E-state index contributed by atoms with van der Waals surface area (Å²) < 4.78 is 4.25. The lowest BCUT2D eigenvalue weighted by atomic mass is 10.1. The van der Waals surface area contributed by atoms with E-state index in [1.807, 2.05) is 24.3 Å². The van der Waals surface area contributed by atoms with Crippen LogP contribution in [0.1, 0.15) is 0 Å². The normalized spacial score (nSPS) is 11.0. The minimum absolute atomic E-state index is 1.19. The highest BCUT2D eigenvalue weighted by atomic mass is 14.9. The van der Waals surface area contributed by atoms with Gasteiger partial charge in [0.25, 0.3) is 0 Å². The Hall–Kier alpha value is -2.74. The van der Waals surface area contributed by atoms with Crippen molar-refractivity contribution in [2.75, 3.05) is 0 Å². The third-order valence-electron chi connectivity index (χ3n) is 3.61. The maximum atomic E-state index is 2.22. The van der Waals surface area contributed by atoms with Crippen molar-refractivity contribution in [2.45, 2.75) is 0 Å². The van der Waals surface area contributed by atoms with Crippen molar-refractivity contribution in [2.24, 2.45) is 0 Å². The van der Waals surface area contributed by atoms with Crippen LogP contribution in [0.5, 0.6) is 0 Å². The second-order valence-electron chi connectivity index (χ2n) is 4.90. The van der Waals surface area contributed by atoms with Crippen molar-refractivity contribution in [1.82, 2.24) is 9.13 Å². The number of benzene rings is 2. The largest absolute Gasteiger partial charge is 0.324 e. The molecule has 2 heterocycles. The molecule has 0 spiro atoms.